The van der Waals surface area contributed by atoms with Crippen LogP contribution in [0.3, 0.4) is 0 Å². The molecule has 7 heteroatoms. The number of hydrogen-bond donors (Lipinski definition) is 1. The molecule has 0 radical (unpaired) electrons. The smallest absolute Gasteiger partial charge is 0.251 e. The molecule has 122 valence electrons. The van der Waals surface area contributed by atoms with E-state index in [1.165, 1.54) is 24.3 Å². The van der Waals surface area contributed by atoms with Gasteiger partial charge in [-0.15, -0.1) is 10.2 Å². The number of hydrogen-bond acceptors (Lipinski definition) is 4. The Balaban J connectivity index is 1.57. The zero-order valence-corrected chi connectivity index (χ0v) is 13.3. The van der Waals surface area contributed by atoms with Crippen LogP contribution in [0.2, 0.25) is 5.02 Å². The lowest BCUT2D eigenvalue weighted by Crippen LogP contribution is -2.25. The van der Waals surface area contributed by atoms with Crippen LogP contribution in [0.25, 0.3) is 11.5 Å². The molecule has 2 aromatic carbocycles. The first kappa shape index (κ1) is 16.1. The standard InChI is InChI=1S/C17H13ClFN3O2/c18-14-4-2-1-3-13(14)17-22-21-15(24-17)9-10-20-16(23)11-5-7-12(19)8-6-11/h1-8H,9-10H2,(H,20,23). The van der Waals surface area contributed by atoms with Crippen molar-refractivity contribution in [3.63, 3.8) is 0 Å². The van der Waals surface area contributed by atoms with Crippen LogP contribution in [0, 0.1) is 5.82 Å². The zero-order valence-electron chi connectivity index (χ0n) is 12.5. The highest BCUT2D eigenvalue weighted by molar-refractivity contribution is 6.33. The molecule has 3 rings (SSSR count). The molecule has 0 spiro atoms. The van der Waals surface area contributed by atoms with Crippen LogP contribution in [0.15, 0.2) is 52.9 Å². The van der Waals surface area contributed by atoms with E-state index in [0.717, 1.165) is 0 Å². The Morgan fingerprint density at radius 2 is 1.88 bits per heavy atom. The summed E-state index contributed by atoms with van der Waals surface area (Å²) in [7, 11) is 0. The van der Waals surface area contributed by atoms with Crippen LogP contribution in [0.5, 0.6) is 0 Å². The van der Waals surface area contributed by atoms with Crippen molar-refractivity contribution < 1.29 is 13.6 Å². The third-order valence-corrected chi connectivity index (χ3v) is 3.63. The fourth-order valence-corrected chi connectivity index (χ4v) is 2.30. The monoisotopic (exact) mass is 345 g/mol. The molecule has 0 unspecified atom stereocenters. The van der Waals surface area contributed by atoms with Crippen molar-refractivity contribution in [3.05, 3.63) is 70.8 Å². The lowest BCUT2D eigenvalue weighted by atomic mass is 10.2. The number of carbonyl (C=O) groups is 1. The van der Waals surface area contributed by atoms with Gasteiger partial charge in [0.1, 0.15) is 5.82 Å². The second-order valence-electron chi connectivity index (χ2n) is 4.99. The summed E-state index contributed by atoms with van der Waals surface area (Å²) in [5.74, 6) is 0.0511. The van der Waals surface area contributed by atoms with Gasteiger partial charge in [-0.1, -0.05) is 23.7 Å². The molecule has 5 nitrogen and oxygen atoms in total. The van der Waals surface area contributed by atoms with Crippen LogP contribution in [0.4, 0.5) is 4.39 Å². The van der Waals surface area contributed by atoms with Crippen LogP contribution in [-0.4, -0.2) is 22.6 Å². The average molecular weight is 346 g/mol. The Bertz CT molecular complexity index is 849. The lowest BCUT2D eigenvalue weighted by molar-refractivity contribution is 0.0953. The van der Waals surface area contributed by atoms with Crippen molar-refractivity contribution in [1.29, 1.82) is 0 Å². The van der Waals surface area contributed by atoms with Crippen molar-refractivity contribution >= 4 is 17.5 Å². The second-order valence-corrected chi connectivity index (χ2v) is 5.40. The molecule has 1 aromatic heterocycles. The summed E-state index contributed by atoms with van der Waals surface area (Å²) in [6.45, 7) is 0.320. The molecule has 1 amide bonds. The Labute approximate surface area is 142 Å². The Kier molecular flexibility index (Phi) is 4.86. The maximum absolute atomic E-state index is 12.8. The molecule has 0 fully saturated rings. The first-order chi connectivity index (χ1) is 11.6. The maximum Gasteiger partial charge on any atom is 0.251 e. The molecule has 0 saturated heterocycles. The topological polar surface area (TPSA) is 68.0 Å². The van der Waals surface area contributed by atoms with Gasteiger partial charge in [0.15, 0.2) is 0 Å². The third kappa shape index (κ3) is 3.78. The minimum atomic E-state index is -0.385. The van der Waals surface area contributed by atoms with Gasteiger partial charge < -0.3 is 9.73 Å². The van der Waals surface area contributed by atoms with Crippen molar-refractivity contribution in [2.24, 2.45) is 0 Å². The quantitative estimate of drug-likeness (QED) is 0.768. The summed E-state index contributed by atoms with van der Waals surface area (Å²) in [6.07, 6.45) is 0.379. The van der Waals surface area contributed by atoms with Crippen molar-refractivity contribution in [3.8, 4) is 11.5 Å². The summed E-state index contributed by atoms with van der Waals surface area (Å²) in [4.78, 5) is 11.9. The van der Waals surface area contributed by atoms with Gasteiger partial charge in [0.25, 0.3) is 5.91 Å². The molecule has 1 N–H and O–H groups in total. The molecule has 0 saturated carbocycles. The number of nitrogens with one attached hydrogen (secondary N) is 1. The molecule has 24 heavy (non-hydrogen) atoms. The van der Waals surface area contributed by atoms with Gasteiger partial charge in [-0.05, 0) is 36.4 Å². The van der Waals surface area contributed by atoms with Gasteiger partial charge in [-0.25, -0.2) is 4.39 Å². The number of rotatable bonds is 5. The van der Waals surface area contributed by atoms with E-state index in [1.807, 2.05) is 12.1 Å². The van der Waals surface area contributed by atoms with E-state index in [2.05, 4.69) is 15.5 Å². The Morgan fingerprint density at radius 3 is 2.62 bits per heavy atom. The molecule has 3 aromatic rings. The summed E-state index contributed by atoms with van der Waals surface area (Å²) >= 11 is 6.08. The molecule has 1 heterocycles. The van der Waals surface area contributed by atoms with E-state index < -0.39 is 0 Å². The zero-order chi connectivity index (χ0) is 16.9. The van der Waals surface area contributed by atoms with Crippen LogP contribution in [0.1, 0.15) is 16.2 Å². The van der Waals surface area contributed by atoms with Crippen LogP contribution in [-0.2, 0) is 6.42 Å². The highest BCUT2D eigenvalue weighted by atomic mass is 35.5. The third-order valence-electron chi connectivity index (χ3n) is 3.30. The van der Waals surface area contributed by atoms with Gasteiger partial charge >= 0.3 is 0 Å². The molecule has 0 atom stereocenters. The first-order valence-corrected chi connectivity index (χ1v) is 7.62. The Morgan fingerprint density at radius 1 is 1.12 bits per heavy atom. The van der Waals surface area contributed by atoms with Crippen molar-refractivity contribution in [1.82, 2.24) is 15.5 Å². The largest absolute Gasteiger partial charge is 0.421 e. The number of benzene rings is 2. The second kappa shape index (κ2) is 7.23. The molecular weight excluding hydrogens is 333 g/mol. The lowest BCUT2D eigenvalue weighted by Gasteiger charge is -2.03. The van der Waals surface area contributed by atoms with Gasteiger partial charge in [0, 0.05) is 18.5 Å². The van der Waals surface area contributed by atoms with E-state index in [9.17, 15) is 9.18 Å². The molecule has 0 aliphatic heterocycles. The number of amides is 1. The van der Waals surface area contributed by atoms with E-state index in [-0.39, 0.29) is 11.7 Å². The first-order valence-electron chi connectivity index (χ1n) is 7.24. The average Bonchev–Trinajstić information content (AvgIpc) is 3.04. The fourth-order valence-electron chi connectivity index (χ4n) is 2.08. The minimum Gasteiger partial charge on any atom is -0.421 e. The van der Waals surface area contributed by atoms with Crippen LogP contribution >= 0.6 is 11.6 Å². The van der Waals surface area contributed by atoms with E-state index in [1.54, 1.807) is 12.1 Å². The number of aromatic nitrogens is 2. The Hall–Kier alpha value is -2.73. The highest BCUT2D eigenvalue weighted by Gasteiger charge is 2.12. The fraction of sp³-hybridized carbons (Fsp3) is 0.118. The summed E-state index contributed by atoms with van der Waals surface area (Å²) < 4.78 is 18.4. The maximum atomic E-state index is 12.8. The summed E-state index contributed by atoms with van der Waals surface area (Å²) in [5, 5.41) is 11.1. The van der Waals surface area contributed by atoms with E-state index in [0.29, 0.717) is 40.9 Å². The van der Waals surface area contributed by atoms with E-state index >= 15 is 0 Å². The predicted octanol–water partition coefficient (Wildman–Crippen LogP) is 3.50. The summed E-state index contributed by atoms with van der Waals surface area (Å²) in [5.41, 5.74) is 1.05. The molecular formula is C17H13ClFN3O2. The van der Waals surface area contributed by atoms with Crippen molar-refractivity contribution in [2.45, 2.75) is 6.42 Å². The molecule has 0 aliphatic carbocycles. The van der Waals surface area contributed by atoms with Crippen molar-refractivity contribution in [2.75, 3.05) is 6.54 Å². The summed E-state index contributed by atoms with van der Waals surface area (Å²) in [6, 6.07) is 12.5. The number of carbonyl (C=O) groups excluding carboxylic acids is 1. The SMILES string of the molecule is O=C(NCCc1nnc(-c2ccccc2Cl)o1)c1ccc(F)cc1. The molecule has 0 aliphatic rings. The molecule has 0 bridgehead atoms. The van der Waals surface area contributed by atoms with Gasteiger partial charge in [0.2, 0.25) is 11.8 Å². The van der Waals surface area contributed by atoms with Gasteiger partial charge in [-0.3, -0.25) is 4.79 Å². The normalized spacial score (nSPS) is 10.6. The van der Waals surface area contributed by atoms with Gasteiger partial charge in [-0.2, -0.15) is 0 Å². The van der Waals surface area contributed by atoms with Gasteiger partial charge in [0.05, 0.1) is 10.6 Å². The van der Waals surface area contributed by atoms with Crippen LogP contribution < -0.4 is 5.32 Å². The minimum absolute atomic E-state index is 0.291. The predicted molar refractivity (Wildman–Crippen MR) is 87.2 cm³/mol. The van der Waals surface area contributed by atoms with E-state index in [4.69, 9.17) is 16.0 Å². The number of nitrogens with zero attached hydrogens (tertiary/aromatic N) is 2. The highest BCUT2D eigenvalue weighted by Crippen LogP contribution is 2.26. The number of halogens is 2.